The number of likely N-dealkylation sites (N-methyl/N-ethyl adjacent to an activating group) is 1. The number of aromatic nitrogens is 2. The molecule has 2 atom stereocenters. The van der Waals surface area contributed by atoms with E-state index in [2.05, 4.69) is 15.5 Å². The molecule has 0 spiro atoms. The summed E-state index contributed by atoms with van der Waals surface area (Å²) in [6.07, 6.45) is 5.44. The van der Waals surface area contributed by atoms with E-state index in [0.717, 1.165) is 0 Å². The molecule has 0 bridgehead atoms. The first-order chi connectivity index (χ1) is 14.4. The van der Waals surface area contributed by atoms with Gasteiger partial charge in [0, 0.05) is 37.9 Å². The minimum atomic E-state index is -1.34. The van der Waals surface area contributed by atoms with Gasteiger partial charge in [-0.25, -0.2) is 8.78 Å². The van der Waals surface area contributed by atoms with E-state index in [4.69, 9.17) is 9.26 Å². The summed E-state index contributed by atoms with van der Waals surface area (Å²) < 4.78 is 37.2. The highest BCUT2D eigenvalue weighted by atomic mass is 19.1. The highest BCUT2D eigenvalue weighted by Gasteiger charge is 2.19. The molecule has 1 aromatic carbocycles. The van der Waals surface area contributed by atoms with Crippen molar-refractivity contribution < 1.29 is 22.8 Å². The number of hydrogen-bond acceptors (Lipinski definition) is 6. The van der Waals surface area contributed by atoms with Gasteiger partial charge in [0.2, 0.25) is 11.8 Å². The predicted octanol–water partition coefficient (Wildman–Crippen LogP) is 4.32. The number of hydrogen-bond donors (Lipinski definition) is 1. The first-order valence-corrected chi connectivity index (χ1v) is 9.64. The number of alkyl halides is 1. The van der Waals surface area contributed by atoms with E-state index in [9.17, 15) is 13.6 Å². The third kappa shape index (κ3) is 7.31. The summed E-state index contributed by atoms with van der Waals surface area (Å²) in [5.74, 6) is -0.113. The van der Waals surface area contributed by atoms with Crippen LogP contribution in [0.1, 0.15) is 38.5 Å². The molecule has 2 aromatic rings. The summed E-state index contributed by atoms with van der Waals surface area (Å²) in [6.45, 7) is 4.12. The summed E-state index contributed by atoms with van der Waals surface area (Å²) in [5.41, 5.74) is 0. The summed E-state index contributed by atoms with van der Waals surface area (Å²) in [6, 6.07) is 5.63. The Kier molecular flexibility index (Phi) is 8.99. The third-order valence-corrected chi connectivity index (χ3v) is 4.30. The van der Waals surface area contributed by atoms with Crippen molar-refractivity contribution in [2.45, 2.75) is 38.9 Å². The molecular formula is C21H26F2N4O3. The van der Waals surface area contributed by atoms with Gasteiger partial charge in [0.1, 0.15) is 11.6 Å². The summed E-state index contributed by atoms with van der Waals surface area (Å²) >= 11 is 0. The van der Waals surface area contributed by atoms with E-state index in [1.807, 2.05) is 6.92 Å². The zero-order chi connectivity index (χ0) is 21.9. The molecule has 1 N–H and O–H groups in total. The zero-order valence-corrected chi connectivity index (χ0v) is 17.2. The van der Waals surface area contributed by atoms with E-state index in [1.54, 1.807) is 26.1 Å². The highest BCUT2D eigenvalue weighted by molar-refractivity contribution is 5.87. The van der Waals surface area contributed by atoms with Crippen molar-refractivity contribution in [3.63, 3.8) is 0 Å². The molecule has 1 heterocycles. The fourth-order valence-electron chi connectivity index (χ4n) is 2.59. The molecule has 0 aliphatic rings. The van der Waals surface area contributed by atoms with Crippen molar-refractivity contribution in [2.24, 2.45) is 0 Å². The number of ether oxygens (including phenoxy) is 1. The second kappa shape index (κ2) is 11.7. The van der Waals surface area contributed by atoms with Crippen LogP contribution in [0.4, 0.5) is 8.78 Å². The van der Waals surface area contributed by atoms with Gasteiger partial charge in [-0.05, 0) is 43.1 Å². The molecule has 0 saturated carbocycles. The number of carbonyl (C=O) groups excluding carboxylic acids is 1. The Labute approximate surface area is 174 Å². The van der Waals surface area contributed by atoms with Crippen LogP contribution in [0.5, 0.6) is 11.8 Å². The van der Waals surface area contributed by atoms with Crippen LogP contribution in [0.2, 0.25) is 0 Å². The van der Waals surface area contributed by atoms with Crippen molar-refractivity contribution in [3.05, 3.63) is 60.4 Å². The van der Waals surface area contributed by atoms with Crippen molar-refractivity contribution >= 4 is 5.91 Å². The molecule has 162 valence electrons. The normalized spacial score (nSPS) is 13.5. The molecule has 1 unspecified atom stereocenters. The average molecular weight is 420 g/mol. The van der Waals surface area contributed by atoms with Gasteiger partial charge in [0.25, 0.3) is 0 Å². The van der Waals surface area contributed by atoms with Gasteiger partial charge >= 0.3 is 6.01 Å². The molecule has 0 saturated heterocycles. The lowest BCUT2D eigenvalue weighted by Gasteiger charge is -2.18. The third-order valence-electron chi connectivity index (χ3n) is 4.30. The van der Waals surface area contributed by atoms with Gasteiger partial charge in [-0.2, -0.15) is 4.98 Å². The Hall–Kier alpha value is -3.23. The Morgan fingerprint density at radius 2 is 2.23 bits per heavy atom. The van der Waals surface area contributed by atoms with E-state index in [1.165, 1.54) is 41.5 Å². The molecule has 0 aliphatic heterocycles. The van der Waals surface area contributed by atoms with Gasteiger partial charge in [0.15, 0.2) is 6.30 Å². The number of carbonyl (C=O) groups is 1. The van der Waals surface area contributed by atoms with E-state index in [-0.39, 0.29) is 23.6 Å². The fourth-order valence-corrected chi connectivity index (χ4v) is 2.59. The fraction of sp³-hybridized carbons (Fsp3) is 0.381. The smallest absolute Gasteiger partial charge is 0.359 e. The Balaban J connectivity index is 1.87. The number of amides is 1. The molecule has 1 amide bonds. The molecular weight excluding hydrogens is 394 g/mol. The van der Waals surface area contributed by atoms with Crippen LogP contribution < -0.4 is 10.1 Å². The van der Waals surface area contributed by atoms with E-state index < -0.39 is 12.1 Å². The number of rotatable bonds is 11. The second-order valence-electron chi connectivity index (χ2n) is 6.56. The Morgan fingerprint density at radius 1 is 1.43 bits per heavy atom. The molecule has 1 aromatic heterocycles. The first kappa shape index (κ1) is 23.1. The maximum Gasteiger partial charge on any atom is 0.359 e. The molecule has 2 rings (SSSR count). The minimum Gasteiger partial charge on any atom is -0.422 e. The molecule has 7 nitrogen and oxygen atoms in total. The van der Waals surface area contributed by atoms with Gasteiger partial charge in [-0.15, -0.1) is 0 Å². The van der Waals surface area contributed by atoms with Gasteiger partial charge < -0.3 is 19.5 Å². The van der Waals surface area contributed by atoms with E-state index in [0.29, 0.717) is 25.3 Å². The van der Waals surface area contributed by atoms with Crippen molar-refractivity contribution in [2.75, 3.05) is 13.6 Å². The second-order valence-corrected chi connectivity index (χ2v) is 6.56. The summed E-state index contributed by atoms with van der Waals surface area (Å²) in [7, 11) is 1.66. The molecule has 9 heteroatoms. The number of allylic oxidation sites excluding steroid dienone is 1. The largest absolute Gasteiger partial charge is 0.422 e. The first-order valence-electron chi connectivity index (χ1n) is 9.64. The standard InChI is InChI=1S/C21H26F2N4O3/c1-4-7-18(23)24-12-10-19(28)27(3)13-11-15(5-2)20-25-21(26-30-20)29-17-9-6-8-16(22)14-17/h4,6-10,12,14-15,18,24H,5,11,13H2,1-3H3/b7-4-,12-10+/t15-,18?/m0/s1. The molecule has 0 aliphatic carbocycles. The molecule has 30 heavy (non-hydrogen) atoms. The van der Waals surface area contributed by atoms with Crippen LogP contribution in [0.3, 0.4) is 0 Å². The molecule has 0 fully saturated rings. The molecule has 0 radical (unpaired) electrons. The van der Waals surface area contributed by atoms with E-state index >= 15 is 0 Å². The van der Waals surface area contributed by atoms with Crippen LogP contribution >= 0.6 is 0 Å². The van der Waals surface area contributed by atoms with Crippen LogP contribution in [-0.2, 0) is 4.79 Å². The van der Waals surface area contributed by atoms with Crippen LogP contribution in [0.15, 0.2) is 53.2 Å². The summed E-state index contributed by atoms with van der Waals surface area (Å²) in [4.78, 5) is 17.8. The quantitative estimate of drug-likeness (QED) is 0.331. The number of benzene rings is 1. The number of nitrogens with one attached hydrogen (secondary N) is 1. The van der Waals surface area contributed by atoms with Crippen molar-refractivity contribution in [3.8, 4) is 11.8 Å². The number of halogens is 2. The van der Waals surface area contributed by atoms with Crippen LogP contribution in [0, 0.1) is 5.82 Å². The van der Waals surface area contributed by atoms with Gasteiger partial charge in [0.05, 0.1) is 0 Å². The predicted molar refractivity (Wildman–Crippen MR) is 108 cm³/mol. The summed E-state index contributed by atoms with van der Waals surface area (Å²) in [5, 5.41) is 6.22. The van der Waals surface area contributed by atoms with Crippen molar-refractivity contribution in [1.82, 2.24) is 20.4 Å². The van der Waals surface area contributed by atoms with Gasteiger partial charge in [-0.1, -0.05) is 19.1 Å². The lowest BCUT2D eigenvalue weighted by molar-refractivity contribution is -0.124. The minimum absolute atomic E-state index is 0.00519. The highest BCUT2D eigenvalue weighted by Crippen LogP contribution is 2.25. The topological polar surface area (TPSA) is 80.5 Å². The monoisotopic (exact) mass is 420 g/mol. The van der Waals surface area contributed by atoms with Crippen LogP contribution in [0.25, 0.3) is 0 Å². The number of nitrogens with zero attached hydrogens (tertiary/aromatic N) is 3. The maximum atomic E-state index is 13.3. The maximum absolute atomic E-state index is 13.3. The lowest BCUT2D eigenvalue weighted by Crippen LogP contribution is -2.27. The Bertz CT molecular complexity index is 869. The van der Waals surface area contributed by atoms with Crippen LogP contribution in [-0.4, -0.2) is 40.8 Å². The SMILES string of the molecule is C/C=C\C(F)N/C=C/C(=O)N(C)CC[C@H](CC)c1nc(Oc2cccc(F)c2)no1. The zero-order valence-electron chi connectivity index (χ0n) is 17.2. The van der Waals surface area contributed by atoms with Gasteiger partial charge in [-0.3, -0.25) is 4.79 Å². The lowest BCUT2D eigenvalue weighted by atomic mass is 10.0. The average Bonchev–Trinajstić information content (AvgIpc) is 3.16. The Morgan fingerprint density at radius 3 is 2.93 bits per heavy atom. The van der Waals surface area contributed by atoms with Crippen molar-refractivity contribution in [1.29, 1.82) is 0 Å².